The predicted molar refractivity (Wildman–Crippen MR) is 171 cm³/mol. The Morgan fingerprint density at radius 2 is 1.47 bits per heavy atom. The predicted octanol–water partition coefficient (Wildman–Crippen LogP) is 4.89. The summed E-state index contributed by atoms with van der Waals surface area (Å²) in [7, 11) is 0.247. The molecular weight excluding hydrogens is 582 g/mol. The van der Waals surface area contributed by atoms with Crippen molar-refractivity contribution in [3.63, 3.8) is 0 Å². The first-order valence-corrected chi connectivity index (χ1v) is 14.7. The van der Waals surface area contributed by atoms with Gasteiger partial charge in [-0.25, -0.2) is 20.2 Å². The van der Waals surface area contributed by atoms with Crippen LogP contribution in [0.3, 0.4) is 0 Å². The Morgan fingerprint density at radius 1 is 0.889 bits per heavy atom. The van der Waals surface area contributed by atoms with E-state index in [1.807, 2.05) is 26.8 Å². The number of carbonyl (C=O) groups excluding carboxylic acids is 2. The molecule has 0 spiro atoms. The zero-order valence-electron chi connectivity index (χ0n) is 26.8. The number of oxazole rings is 2. The summed E-state index contributed by atoms with van der Waals surface area (Å²) in [5.74, 6) is 0. The molecule has 45 heavy (non-hydrogen) atoms. The lowest BCUT2D eigenvalue weighted by Crippen LogP contribution is -2.41. The minimum Gasteiger partial charge on any atom is -0.450 e. The fourth-order valence-electron chi connectivity index (χ4n) is 4.29. The third-order valence-corrected chi connectivity index (χ3v) is 6.33. The van der Waals surface area contributed by atoms with Gasteiger partial charge in [0.2, 0.25) is 0 Å². The van der Waals surface area contributed by atoms with E-state index in [-0.39, 0.29) is 24.2 Å². The molecule has 0 bridgehead atoms. The molecule has 2 aromatic heterocycles. The quantitative estimate of drug-likeness (QED) is 0.184. The average molecular weight is 621 g/mol. The molecule has 0 aliphatic carbocycles. The maximum atomic E-state index is 12.6. The van der Waals surface area contributed by atoms with Crippen LogP contribution in [0.2, 0.25) is 0 Å². The Morgan fingerprint density at radius 3 is 2.04 bits per heavy atom. The zero-order valence-corrected chi connectivity index (χ0v) is 26.8. The first-order valence-electron chi connectivity index (χ1n) is 14.7. The maximum Gasteiger partial charge on any atom is 0.494 e. The highest BCUT2D eigenvalue weighted by molar-refractivity contribution is 6.61. The van der Waals surface area contributed by atoms with Gasteiger partial charge in [-0.05, 0) is 98.0 Å². The van der Waals surface area contributed by atoms with Gasteiger partial charge in [-0.1, -0.05) is 17.6 Å². The average Bonchev–Trinajstić information content (AvgIpc) is 3.51. The summed E-state index contributed by atoms with van der Waals surface area (Å²) < 4.78 is 34.5. The number of aromatic nitrogens is 2. The number of nitrogens with one attached hydrogen (secondary N) is 2. The van der Waals surface area contributed by atoms with Crippen molar-refractivity contribution in [2.24, 2.45) is 0 Å². The van der Waals surface area contributed by atoms with Crippen molar-refractivity contribution < 1.29 is 42.2 Å². The molecule has 0 saturated heterocycles. The summed E-state index contributed by atoms with van der Waals surface area (Å²) in [6.07, 6.45) is -0.746. The molecule has 239 valence electrons. The Hall–Kier alpha value is -4.07. The Balaban J connectivity index is 1.34. The summed E-state index contributed by atoms with van der Waals surface area (Å²) in [4.78, 5) is 33.3. The Bertz CT molecular complexity index is 1630. The second-order valence-electron chi connectivity index (χ2n) is 12.5. The van der Waals surface area contributed by atoms with Gasteiger partial charge in [-0.3, -0.25) is 0 Å². The Labute approximate surface area is 262 Å². The van der Waals surface area contributed by atoms with Gasteiger partial charge in [0.15, 0.2) is 11.2 Å². The van der Waals surface area contributed by atoms with Gasteiger partial charge in [0.1, 0.15) is 22.2 Å². The number of anilines is 2. The van der Waals surface area contributed by atoms with Crippen molar-refractivity contribution >= 4 is 71.9 Å². The summed E-state index contributed by atoms with van der Waals surface area (Å²) in [6.45, 7) is 14.6. The number of carbonyl (C=O) groups is 2. The number of rotatable bonds is 12. The maximum absolute atomic E-state index is 12.6. The highest BCUT2D eigenvalue weighted by atomic mass is 16.6. The molecule has 1 atom stereocenters. The summed E-state index contributed by atoms with van der Waals surface area (Å²) in [6, 6.07) is 10.3. The molecule has 0 aliphatic heterocycles. The summed E-state index contributed by atoms with van der Waals surface area (Å²) >= 11 is 0. The van der Waals surface area contributed by atoms with Gasteiger partial charge in [-0.2, -0.15) is 9.97 Å². The molecule has 0 fully saturated rings. The van der Waals surface area contributed by atoms with Gasteiger partial charge in [0.05, 0.1) is 0 Å². The van der Waals surface area contributed by atoms with Crippen molar-refractivity contribution in [3.8, 4) is 0 Å². The van der Waals surface area contributed by atoms with Crippen LogP contribution >= 0.6 is 0 Å². The van der Waals surface area contributed by atoms with Crippen molar-refractivity contribution in [3.05, 3.63) is 36.4 Å². The molecular formula is C30H39B2N4O9. The third kappa shape index (κ3) is 9.96. The van der Waals surface area contributed by atoms with Crippen LogP contribution in [0.1, 0.15) is 68.2 Å². The number of fused-ring (bicyclic) bond motifs is 2. The number of nitrogens with zero attached hydrogens (tertiary/aromatic N) is 2. The highest BCUT2D eigenvalue weighted by Crippen LogP contribution is 2.23. The number of amides is 2. The lowest BCUT2D eigenvalue weighted by Gasteiger charge is -2.27. The van der Waals surface area contributed by atoms with Crippen LogP contribution in [0.25, 0.3) is 22.2 Å². The van der Waals surface area contributed by atoms with Crippen LogP contribution in [0.4, 0.5) is 21.6 Å². The minimum absolute atomic E-state index is 0.0110. The molecule has 0 aliphatic rings. The normalized spacial score (nSPS) is 12.8. The molecule has 1 radical (unpaired) electrons. The van der Waals surface area contributed by atoms with Crippen molar-refractivity contribution in [2.45, 2.75) is 91.6 Å². The lowest BCUT2D eigenvalue weighted by atomic mass is 9.77. The van der Waals surface area contributed by atoms with Crippen LogP contribution in [0.15, 0.2) is 45.2 Å². The van der Waals surface area contributed by atoms with Gasteiger partial charge in [0.25, 0.3) is 0 Å². The molecule has 2 amide bonds. The minimum atomic E-state index is -0.835. The zero-order chi connectivity index (χ0) is 32.9. The molecule has 15 heteroatoms. The molecule has 2 aromatic carbocycles. The van der Waals surface area contributed by atoms with Crippen LogP contribution in [0, 0.1) is 0 Å². The van der Waals surface area contributed by atoms with Crippen molar-refractivity contribution in [2.75, 3.05) is 10.6 Å². The molecule has 2 heterocycles. The van der Waals surface area contributed by atoms with E-state index in [4.69, 9.17) is 27.6 Å². The van der Waals surface area contributed by atoms with E-state index in [2.05, 4.69) is 20.6 Å². The summed E-state index contributed by atoms with van der Waals surface area (Å²) in [5, 5.41) is 14.2. The fourth-order valence-corrected chi connectivity index (χ4v) is 4.29. The van der Waals surface area contributed by atoms with Crippen molar-refractivity contribution in [1.29, 1.82) is 0 Å². The summed E-state index contributed by atoms with van der Waals surface area (Å²) in [5.41, 5.74) is 1.71. The topological polar surface area (TPSA) is 167 Å². The first kappa shape index (κ1) is 33.8. The molecule has 3 N–H and O–H groups in total. The Kier molecular flexibility index (Phi) is 10.5. The highest BCUT2D eigenvalue weighted by Gasteiger charge is 2.29. The fraction of sp³-hybridized carbons (Fsp3) is 0.467. The van der Waals surface area contributed by atoms with Crippen molar-refractivity contribution in [1.82, 2.24) is 9.97 Å². The second kappa shape index (κ2) is 13.9. The van der Waals surface area contributed by atoms with E-state index in [0.717, 1.165) is 12.9 Å². The van der Waals surface area contributed by atoms with Crippen LogP contribution in [-0.2, 0) is 18.8 Å². The van der Waals surface area contributed by atoms with E-state index in [1.165, 1.54) is 0 Å². The van der Waals surface area contributed by atoms with Crippen LogP contribution in [0.5, 0.6) is 0 Å². The lowest BCUT2D eigenvalue weighted by molar-refractivity contribution is 0.0291. The smallest absolute Gasteiger partial charge is 0.450 e. The number of benzene rings is 2. The van der Waals surface area contributed by atoms with Crippen LogP contribution in [-0.4, -0.2) is 65.2 Å². The first-order chi connectivity index (χ1) is 21.1. The molecule has 13 nitrogen and oxygen atoms in total. The van der Waals surface area contributed by atoms with Gasteiger partial charge in [0, 0.05) is 12.2 Å². The molecule has 0 saturated carbocycles. The largest absolute Gasteiger partial charge is 0.494 e. The number of hydrogen-bond acceptors (Lipinski definition) is 11. The van der Waals surface area contributed by atoms with Gasteiger partial charge >= 0.3 is 38.8 Å². The van der Waals surface area contributed by atoms with E-state index >= 15 is 0 Å². The van der Waals surface area contributed by atoms with Gasteiger partial charge < -0.3 is 32.6 Å². The van der Waals surface area contributed by atoms with E-state index in [9.17, 15) is 14.6 Å². The van der Waals surface area contributed by atoms with E-state index < -0.39 is 30.5 Å². The standard InChI is InChI=1S/C30H39B2N4O9/c1-17(2)44-32(20-10-12-24-22(16-20)34-26(41-24)35-27(37)42-29(4,5)6)45-18(3)13-14-30(7,8)43-28(38)36-25-33-21-15-19(31-39)9-11-23(21)40-25/h9-12,15-18,39H,13-14H2,1-8H3,(H,33,36,38)(H,34,35,37). The SMILES string of the molecule is CC(C)OB(OC(C)CCC(C)(C)OC(=O)Nc1nc2cc([B]O)ccc2o1)c1ccc2oc(NC(=O)OC(C)(C)C)nc2c1. The molecule has 1 unspecified atom stereocenters. The monoisotopic (exact) mass is 621 g/mol. The van der Waals surface area contributed by atoms with E-state index in [0.29, 0.717) is 40.5 Å². The number of hydrogen-bond donors (Lipinski definition) is 3. The van der Waals surface area contributed by atoms with E-state index in [1.54, 1.807) is 65.0 Å². The molecule has 4 rings (SSSR count). The molecule has 4 aromatic rings. The second-order valence-corrected chi connectivity index (χ2v) is 12.5. The van der Waals surface area contributed by atoms with Gasteiger partial charge in [-0.15, -0.1) is 0 Å². The number of ether oxygens (including phenoxy) is 2. The third-order valence-electron chi connectivity index (χ3n) is 6.33. The van der Waals surface area contributed by atoms with Crippen LogP contribution < -0.4 is 21.6 Å².